The minimum absolute atomic E-state index is 0.849. The highest BCUT2D eigenvalue weighted by atomic mass is 15.1. The monoisotopic (exact) mass is 204 g/mol. The zero-order chi connectivity index (χ0) is 10.7. The predicted octanol–water partition coefficient (Wildman–Crippen LogP) is 2.90. The molecule has 1 aromatic rings. The molecule has 82 valence electrons. The molecule has 1 saturated heterocycles. The summed E-state index contributed by atoms with van der Waals surface area (Å²) in [5.41, 5.74) is 7.86. The average molecular weight is 204 g/mol. The highest BCUT2D eigenvalue weighted by molar-refractivity contribution is 5.53. The standard InChI is InChI=1S/C13H20N2/c1-11-3-2-9-15(10-8-11)13-6-4-12(14)5-7-13/h4-7,11H,2-3,8-10,14H2,1H3. The van der Waals surface area contributed by atoms with Gasteiger partial charge in [-0.05, 0) is 49.4 Å². The van der Waals surface area contributed by atoms with Gasteiger partial charge in [0, 0.05) is 24.5 Å². The molecule has 0 aromatic heterocycles. The van der Waals surface area contributed by atoms with Crippen LogP contribution in [0.15, 0.2) is 24.3 Å². The van der Waals surface area contributed by atoms with Crippen molar-refractivity contribution in [2.75, 3.05) is 23.7 Å². The predicted molar refractivity (Wildman–Crippen MR) is 66.1 cm³/mol. The van der Waals surface area contributed by atoms with Gasteiger partial charge < -0.3 is 10.6 Å². The van der Waals surface area contributed by atoms with Crippen LogP contribution in [0.5, 0.6) is 0 Å². The fourth-order valence-electron chi connectivity index (χ4n) is 2.21. The lowest BCUT2D eigenvalue weighted by molar-refractivity contribution is 0.521. The van der Waals surface area contributed by atoms with E-state index in [1.54, 1.807) is 0 Å². The van der Waals surface area contributed by atoms with Gasteiger partial charge in [0.25, 0.3) is 0 Å². The zero-order valence-electron chi connectivity index (χ0n) is 9.45. The molecule has 1 aromatic carbocycles. The molecular formula is C13H20N2. The lowest BCUT2D eigenvalue weighted by Gasteiger charge is -2.22. The molecule has 2 nitrogen and oxygen atoms in total. The van der Waals surface area contributed by atoms with Gasteiger partial charge in [0.05, 0.1) is 0 Å². The van der Waals surface area contributed by atoms with Crippen LogP contribution in [0.1, 0.15) is 26.2 Å². The Labute approximate surface area is 92.1 Å². The Balaban J connectivity index is 2.06. The molecule has 1 atom stereocenters. The van der Waals surface area contributed by atoms with Gasteiger partial charge in [-0.25, -0.2) is 0 Å². The third-order valence-electron chi connectivity index (χ3n) is 3.28. The Bertz CT molecular complexity index is 305. The van der Waals surface area contributed by atoms with Crippen molar-refractivity contribution >= 4 is 11.4 Å². The van der Waals surface area contributed by atoms with Crippen molar-refractivity contribution in [3.05, 3.63) is 24.3 Å². The van der Waals surface area contributed by atoms with Crippen molar-refractivity contribution < 1.29 is 0 Å². The molecule has 1 aliphatic rings. The summed E-state index contributed by atoms with van der Waals surface area (Å²) in [5.74, 6) is 0.879. The van der Waals surface area contributed by atoms with Gasteiger partial charge in [-0.1, -0.05) is 6.92 Å². The van der Waals surface area contributed by atoms with Gasteiger partial charge in [-0.15, -0.1) is 0 Å². The summed E-state index contributed by atoms with van der Waals surface area (Å²) >= 11 is 0. The van der Waals surface area contributed by atoms with E-state index in [0.717, 1.165) is 11.6 Å². The van der Waals surface area contributed by atoms with Crippen molar-refractivity contribution in [2.45, 2.75) is 26.2 Å². The zero-order valence-corrected chi connectivity index (χ0v) is 9.45. The summed E-state index contributed by atoms with van der Waals surface area (Å²) in [6.45, 7) is 4.73. The quantitative estimate of drug-likeness (QED) is 0.713. The molecule has 0 bridgehead atoms. The molecule has 2 rings (SSSR count). The smallest absolute Gasteiger partial charge is 0.0367 e. The van der Waals surface area contributed by atoms with Crippen LogP contribution in [-0.2, 0) is 0 Å². The van der Waals surface area contributed by atoms with Gasteiger partial charge in [-0.3, -0.25) is 0 Å². The molecule has 1 unspecified atom stereocenters. The number of nitrogen functional groups attached to an aromatic ring is 1. The molecule has 15 heavy (non-hydrogen) atoms. The molecule has 0 spiro atoms. The third-order valence-corrected chi connectivity index (χ3v) is 3.28. The summed E-state index contributed by atoms with van der Waals surface area (Å²) in [4.78, 5) is 2.48. The fourth-order valence-corrected chi connectivity index (χ4v) is 2.21. The first-order chi connectivity index (χ1) is 7.25. The van der Waals surface area contributed by atoms with Crippen LogP contribution in [0.4, 0.5) is 11.4 Å². The maximum Gasteiger partial charge on any atom is 0.0367 e. The Morgan fingerprint density at radius 3 is 2.60 bits per heavy atom. The van der Waals surface area contributed by atoms with Crippen LogP contribution in [0.3, 0.4) is 0 Å². The van der Waals surface area contributed by atoms with Crippen LogP contribution in [0, 0.1) is 5.92 Å². The van der Waals surface area contributed by atoms with E-state index in [9.17, 15) is 0 Å². The van der Waals surface area contributed by atoms with Gasteiger partial charge in [0.15, 0.2) is 0 Å². The third kappa shape index (κ3) is 2.65. The molecule has 2 N–H and O–H groups in total. The highest BCUT2D eigenvalue weighted by Gasteiger charge is 2.13. The number of rotatable bonds is 1. The van der Waals surface area contributed by atoms with Crippen molar-refractivity contribution in [2.24, 2.45) is 5.92 Å². The number of benzene rings is 1. The number of hydrogen-bond acceptors (Lipinski definition) is 2. The maximum absolute atomic E-state index is 5.69. The SMILES string of the molecule is CC1CCCN(c2ccc(N)cc2)CC1. The van der Waals surface area contributed by atoms with Crippen LogP contribution in [-0.4, -0.2) is 13.1 Å². The molecule has 0 radical (unpaired) electrons. The second-order valence-corrected chi connectivity index (χ2v) is 4.61. The molecule has 0 saturated carbocycles. The molecular weight excluding hydrogens is 184 g/mol. The molecule has 1 aliphatic heterocycles. The minimum atomic E-state index is 0.849. The van der Waals surface area contributed by atoms with Crippen molar-refractivity contribution in [3.8, 4) is 0 Å². The number of hydrogen-bond donors (Lipinski definition) is 1. The van der Waals surface area contributed by atoms with E-state index in [0.29, 0.717) is 0 Å². The number of anilines is 2. The number of nitrogens with zero attached hydrogens (tertiary/aromatic N) is 1. The van der Waals surface area contributed by atoms with Crippen LogP contribution < -0.4 is 10.6 Å². The van der Waals surface area contributed by atoms with Crippen LogP contribution >= 0.6 is 0 Å². The van der Waals surface area contributed by atoms with E-state index >= 15 is 0 Å². The maximum atomic E-state index is 5.69. The van der Waals surface area contributed by atoms with Crippen molar-refractivity contribution in [1.82, 2.24) is 0 Å². The highest BCUT2D eigenvalue weighted by Crippen LogP contribution is 2.22. The van der Waals surface area contributed by atoms with Gasteiger partial charge in [0.1, 0.15) is 0 Å². The largest absolute Gasteiger partial charge is 0.399 e. The Morgan fingerprint density at radius 2 is 1.87 bits per heavy atom. The Morgan fingerprint density at radius 1 is 1.13 bits per heavy atom. The van der Waals surface area contributed by atoms with Gasteiger partial charge in [-0.2, -0.15) is 0 Å². The lowest BCUT2D eigenvalue weighted by Crippen LogP contribution is -2.23. The van der Waals surface area contributed by atoms with E-state index in [4.69, 9.17) is 5.73 Å². The fraction of sp³-hybridized carbons (Fsp3) is 0.538. The molecule has 0 amide bonds. The van der Waals surface area contributed by atoms with E-state index in [2.05, 4.69) is 24.0 Å². The molecule has 1 heterocycles. The van der Waals surface area contributed by atoms with Gasteiger partial charge in [0.2, 0.25) is 0 Å². The van der Waals surface area contributed by atoms with E-state index in [1.807, 2.05) is 12.1 Å². The molecule has 1 fully saturated rings. The normalized spacial score (nSPS) is 22.5. The van der Waals surface area contributed by atoms with Crippen LogP contribution in [0.25, 0.3) is 0 Å². The Hall–Kier alpha value is -1.18. The first kappa shape index (κ1) is 10.3. The average Bonchev–Trinajstić information content (AvgIpc) is 2.44. The minimum Gasteiger partial charge on any atom is -0.399 e. The summed E-state index contributed by atoms with van der Waals surface area (Å²) < 4.78 is 0. The first-order valence-corrected chi connectivity index (χ1v) is 5.86. The summed E-state index contributed by atoms with van der Waals surface area (Å²) in [5, 5.41) is 0. The van der Waals surface area contributed by atoms with Crippen LogP contribution in [0.2, 0.25) is 0 Å². The Kier molecular flexibility index (Phi) is 3.14. The van der Waals surface area contributed by atoms with E-state index in [-0.39, 0.29) is 0 Å². The van der Waals surface area contributed by atoms with Gasteiger partial charge >= 0.3 is 0 Å². The second kappa shape index (κ2) is 4.56. The molecule has 2 heteroatoms. The lowest BCUT2D eigenvalue weighted by atomic mass is 10.0. The summed E-state index contributed by atoms with van der Waals surface area (Å²) in [7, 11) is 0. The second-order valence-electron chi connectivity index (χ2n) is 4.61. The first-order valence-electron chi connectivity index (χ1n) is 5.86. The number of nitrogens with two attached hydrogens (primary N) is 1. The van der Waals surface area contributed by atoms with E-state index < -0.39 is 0 Å². The van der Waals surface area contributed by atoms with E-state index in [1.165, 1.54) is 38.0 Å². The van der Waals surface area contributed by atoms with Crippen molar-refractivity contribution in [1.29, 1.82) is 0 Å². The summed E-state index contributed by atoms with van der Waals surface area (Å²) in [6, 6.07) is 8.24. The van der Waals surface area contributed by atoms with Crippen molar-refractivity contribution in [3.63, 3.8) is 0 Å². The summed E-state index contributed by atoms with van der Waals surface area (Å²) in [6.07, 6.45) is 3.99. The molecule has 0 aliphatic carbocycles. The topological polar surface area (TPSA) is 29.3 Å².